The van der Waals surface area contributed by atoms with Crippen LogP contribution in [0.5, 0.6) is 0 Å². The zero-order valence-electron chi connectivity index (χ0n) is 23.1. The third-order valence-corrected chi connectivity index (χ3v) is 6.96. The van der Waals surface area contributed by atoms with Gasteiger partial charge in [0.15, 0.2) is 0 Å². The molecule has 0 saturated carbocycles. The van der Waals surface area contributed by atoms with Gasteiger partial charge in [0.25, 0.3) is 0 Å². The molecule has 0 unspecified atom stereocenters. The van der Waals surface area contributed by atoms with Crippen LogP contribution in [-0.2, 0) is 20.4 Å². The predicted octanol–water partition coefficient (Wildman–Crippen LogP) is 6.30. The maximum Gasteiger partial charge on any atom is 0.416 e. The quantitative estimate of drug-likeness (QED) is 0.429. The minimum atomic E-state index is -4.48. The first-order chi connectivity index (χ1) is 18.8. The van der Waals surface area contributed by atoms with Crippen molar-refractivity contribution in [1.82, 2.24) is 10.2 Å². The highest BCUT2D eigenvalue weighted by Gasteiger charge is 2.43. The van der Waals surface area contributed by atoms with Gasteiger partial charge in [0, 0.05) is 37.3 Å². The van der Waals surface area contributed by atoms with Crippen LogP contribution < -0.4 is 10.6 Å². The molecule has 2 heterocycles. The number of anilines is 1. The highest BCUT2D eigenvalue weighted by molar-refractivity contribution is 5.68. The third-order valence-electron chi connectivity index (χ3n) is 6.96. The molecule has 11 heteroatoms. The second-order valence-corrected chi connectivity index (χ2v) is 11.2. The molecule has 0 radical (unpaired) electrons. The molecule has 2 aromatic carbocycles. The van der Waals surface area contributed by atoms with E-state index >= 15 is 0 Å². The van der Waals surface area contributed by atoms with Crippen molar-refractivity contribution in [1.29, 1.82) is 0 Å². The largest absolute Gasteiger partial charge is 0.447 e. The molecule has 1 fully saturated rings. The summed E-state index contributed by atoms with van der Waals surface area (Å²) in [5, 5.41) is 6.02. The number of rotatable bonds is 6. The highest BCUT2D eigenvalue weighted by atomic mass is 19.4. The molecule has 2 amide bonds. The normalized spacial score (nSPS) is 22.3. The van der Waals surface area contributed by atoms with E-state index in [0.29, 0.717) is 24.1 Å². The Balaban J connectivity index is 1.38. The number of benzene rings is 2. The fourth-order valence-corrected chi connectivity index (χ4v) is 5.02. The SMILES string of the molecule is CN(CCNC(=O)OC[C@H]1CC[C@@H]2[C@H](O1)c1cc(C(F)(F)F)ccc1N[C@H]2c1ccccc1)C(=O)OC(C)(C)C. The van der Waals surface area contributed by atoms with E-state index in [9.17, 15) is 22.8 Å². The molecule has 2 N–H and O–H groups in total. The molecule has 0 aromatic heterocycles. The molecular weight excluding hydrogens is 527 g/mol. The van der Waals surface area contributed by atoms with Crippen molar-refractivity contribution in [2.75, 3.05) is 32.1 Å². The number of hydrogen-bond donors (Lipinski definition) is 2. The number of alkyl halides is 3. The van der Waals surface area contributed by atoms with Crippen molar-refractivity contribution < 1.29 is 37.0 Å². The van der Waals surface area contributed by atoms with Gasteiger partial charge < -0.3 is 29.7 Å². The Kier molecular flexibility index (Phi) is 8.82. The molecule has 4 atom stereocenters. The first-order valence-corrected chi connectivity index (χ1v) is 13.3. The lowest BCUT2D eigenvalue weighted by atomic mass is 9.76. The predicted molar refractivity (Wildman–Crippen MR) is 143 cm³/mol. The number of amides is 2. The van der Waals surface area contributed by atoms with Gasteiger partial charge in [-0.3, -0.25) is 0 Å². The average molecular weight is 564 g/mol. The zero-order valence-corrected chi connectivity index (χ0v) is 23.1. The smallest absolute Gasteiger partial charge is 0.416 e. The Morgan fingerprint density at radius 3 is 2.50 bits per heavy atom. The molecule has 0 spiro atoms. The number of carbonyl (C=O) groups excluding carboxylic acids is 2. The van der Waals surface area contributed by atoms with Crippen LogP contribution in [0, 0.1) is 5.92 Å². The van der Waals surface area contributed by atoms with Crippen molar-refractivity contribution in [3.8, 4) is 0 Å². The molecule has 1 saturated heterocycles. The van der Waals surface area contributed by atoms with Crippen LogP contribution in [0.4, 0.5) is 28.4 Å². The van der Waals surface area contributed by atoms with E-state index in [1.807, 2.05) is 30.3 Å². The second kappa shape index (κ2) is 12.0. The monoisotopic (exact) mass is 563 g/mol. The van der Waals surface area contributed by atoms with E-state index < -0.39 is 41.7 Å². The lowest BCUT2D eigenvalue weighted by molar-refractivity contribution is -0.138. The summed E-state index contributed by atoms with van der Waals surface area (Å²) in [6.07, 6.45) is -5.48. The van der Waals surface area contributed by atoms with Gasteiger partial charge in [-0.2, -0.15) is 13.2 Å². The van der Waals surface area contributed by atoms with Crippen LogP contribution in [-0.4, -0.2) is 55.5 Å². The first kappa shape index (κ1) is 29.5. The number of carbonyl (C=O) groups is 2. The van der Waals surface area contributed by atoms with Crippen LogP contribution in [0.25, 0.3) is 0 Å². The number of nitrogens with one attached hydrogen (secondary N) is 2. The molecule has 218 valence electrons. The van der Waals surface area contributed by atoms with Gasteiger partial charge in [0.1, 0.15) is 12.2 Å². The van der Waals surface area contributed by atoms with Gasteiger partial charge in [-0.25, -0.2) is 9.59 Å². The molecular formula is C29H36F3N3O5. The number of nitrogens with zero attached hydrogens (tertiary/aromatic N) is 1. The van der Waals surface area contributed by atoms with Gasteiger partial charge in [-0.1, -0.05) is 30.3 Å². The van der Waals surface area contributed by atoms with E-state index in [-0.39, 0.29) is 31.7 Å². The average Bonchev–Trinajstić information content (AvgIpc) is 2.90. The number of alkyl carbamates (subject to hydrolysis) is 1. The zero-order chi connectivity index (χ0) is 29.1. The van der Waals surface area contributed by atoms with Gasteiger partial charge in [0.05, 0.1) is 23.8 Å². The number of fused-ring (bicyclic) bond motifs is 3. The molecule has 0 aliphatic carbocycles. The molecule has 40 heavy (non-hydrogen) atoms. The van der Waals surface area contributed by atoms with E-state index in [4.69, 9.17) is 14.2 Å². The molecule has 0 bridgehead atoms. The number of halogens is 3. The number of hydrogen-bond acceptors (Lipinski definition) is 6. The fourth-order valence-electron chi connectivity index (χ4n) is 5.02. The van der Waals surface area contributed by atoms with E-state index in [2.05, 4.69) is 10.6 Å². The van der Waals surface area contributed by atoms with Gasteiger partial charge in [-0.15, -0.1) is 0 Å². The van der Waals surface area contributed by atoms with E-state index in [1.54, 1.807) is 27.8 Å². The summed E-state index contributed by atoms with van der Waals surface area (Å²) in [7, 11) is 1.57. The van der Waals surface area contributed by atoms with Crippen molar-refractivity contribution in [2.45, 2.75) is 63.6 Å². The summed E-state index contributed by atoms with van der Waals surface area (Å²) in [6, 6.07) is 13.3. The molecule has 8 nitrogen and oxygen atoms in total. The topological polar surface area (TPSA) is 89.1 Å². The Hall–Kier alpha value is -3.47. The minimum Gasteiger partial charge on any atom is -0.447 e. The summed E-state index contributed by atoms with van der Waals surface area (Å²) < 4.78 is 57.5. The molecule has 2 aromatic rings. The van der Waals surface area contributed by atoms with Crippen LogP contribution in [0.2, 0.25) is 0 Å². The van der Waals surface area contributed by atoms with Crippen molar-refractivity contribution in [3.63, 3.8) is 0 Å². The molecule has 4 rings (SSSR count). The maximum atomic E-state index is 13.5. The molecule has 2 aliphatic heterocycles. The lowest BCUT2D eigenvalue weighted by Crippen LogP contribution is -2.42. The van der Waals surface area contributed by atoms with E-state index in [0.717, 1.165) is 17.7 Å². The van der Waals surface area contributed by atoms with Gasteiger partial charge in [0.2, 0.25) is 0 Å². The Morgan fingerprint density at radius 2 is 1.82 bits per heavy atom. The first-order valence-electron chi connectivity index (χ1n) is 13.3. The maximum absolute atomic E-state index is 13.5. The standard InChI is InChI=1S/C29H36F3N3O5/c1-28(2,3)40-27(37)35(4)15-14-33-26(36)38-17-20-11-12-21-24(18-8-6-5-7-9-18)34-23-13-10-19(29(30,31)32)16-22(23)25(21)39-20/h5-10,13,16,20-21,24-25,34H,11-12,14-15,17H2,1-4H3,(H,33,36)/t20-,21+,24+,25+/m1/s1. The van der Waals surface area contributed by atoms with Gasteiger partial charge in [-0.05, 0) is 57.4 Å². The number of ether oxygens (including phenoxy) is 3. The Labute approximate surface area is 232 Å². The van der Waals surface area contributed by atoms with Crippen LogP contribution in [0.15, 0.2) is 48.5 Å². The minimum absolute atomic E-state index is 0.0469. The van der Waals surface area contributed by atoms with Crippen LogP contribution in [0.1, 0.15) is 62.4 Å². The van der Waals surface area contributed by atoms with Crippen molar-refractivity contribution in [2.24, 2.45) is 5.92 Å². The van der Waals surface area contributed by atoms with Crippen LogP contribution in [0.3, 0.4) is 0 Å². The summed E-state index contributed by atoms with van der Waals surface area (Å²) in [4.78, 5) is 25.7. The number of likely N-dealkylation sites (N-methyl/N-ethyl adjacent to an activating group) is 1. The molecule has 2 aliphatic rings. The summed E-state index contributed by atoms with van der Waals surface area (Å²) >= 11 is 0. The second-order valence-electron chi connectivity index (χ2n) is 11.2. The van der Waals surface area contributed by atoms with Crippen molar-refractivity contribution >= 4 is 17.9 Å². The van der Waals surface area contributed by atoms with Crippen LogP contribution >= 0.6 is 0 Å². The summed E-state index contributed by atoms with van der Waals surface area (Å²) in [5.74, 6) is -0.105. The fraction of sp³-hybridized carbons (Fsp3) is 0.517. The summed E-state index contributed by atoms with van der Waals surface area (Å²) in [5.41, 5.74) is 0.712. The summed E-state index contributed by atoms with van der Waals surface area (Å²) in [6.45, 7) is 5.63. The highest BCUT2D eigenvalue weighted by Crippen LogP contribution is 2.51. The lowest BCUT2D eigenvalue weighted by Gasteiger charge is -2.45. The van der Waals surface area contributed by atoms with Gasteiger partial charge >= 0.3 is 18.4 Å². The van der Waals surface area contributed by atoms with E-state index in [1.165, 1.54) is 11.0 Å². The Morgan fingerprint density at radius 1 is 1.10 bits per heavy atom. The Bertz CT molecular complexity index is 1190. The third kappa shape index (κ3) is 7.38. The van der Waals surface area contributed by atoms with Crippen molar-refractivity contribution in [3.05, 3.63) is 65.2 Å².